The van der Waals surface area contributed by atoms with Crippen LogP contribution >= 0.6 is 0 Å². The summed E-state index contributed by atoms with van der Waals surface area (Å²) in [6, 6.07) is 11.5. The van der Waals surface area contributed by atoms with Gasteiger partial charge in [-0.25, -0.2) is 0 Å². The fourth-order valence-corrected chi connectivity index (χ4v) is 2.46. The van der Waals surface area contributed by atoms with Crippen molar-refractivity contribution >= 4 is 0 Å². The van der Waals surface area contributed by atoms with Crippen molar-refractivity contribution in [3.05, 3.63) is 35.9 Å². The zero-order valence-electron chi connectivity index (χ0n) is 9.58. The molecule has 0 radical (unpaired) electrons. The average molecular weight is 203 g/mol. The summed E-state index contributed by atoms with van der Waals surface area (Å²) >= 11 is 0. The van der Waals surface area contributed by atoms with E-state index in [1.54, 1.807) is 0 Å². The number of benzene rings is 1. The Bertz CT molecular complexity index is 281. The van der Waals surface area contributed by atoms with Crippen molar-refractivity contribution in [2.75, 3.05) is 6.54 Å². The number of rotatable bonds is 4. The molecule has 2 rings (SSSR count). The van der Waals surface area contributed by atoms with Gasteiger partial charge in [0.1, 0.15) is 0 Å². The molecule has 1 aromatic rings. The maximum Gasteiger partial charge on any atom is 0.00698 e. The molecule has 0 amide bonds. The predicted molar refractivity (Wildman–Crippen MR) is 65.0 cm³/mol. The van der Waals surface area contributed by atoms with Crippen LogP contribution in [0.4, 0.5) is 0 Å². The van der Waals surface area contributed by atoms with Crippen molar-refractivity contribution in [2.24, 2.45) is 5.92 Å². The van der Waals surface area contributed by atoms with Gasteiger partial charge >= 0.3 is 0 Å². The van der Waals surface area contributed by atoms with Crippen molar-refractivity contribution in [2.45, 2.75) is 38.6 Å². The van der Waals surface area contributed by atoms with Crippen LogP contribution in [0.3, 0.4) is 0 Å². The van der Waals surface area contributed by atoms with Gasteiger partial charge in [-0.2, -0.15) is 0 Å². The minimum Gasteiger partial charge on any atom is -0.314 e. The summed E-state index contributed by atoms with van der Waals surface area (Å²) in [7, 11) is 0. The van der Waals surface area contributed by atoms with E-state index in [0.29, 0.717) is 0 Å². The van der Waals surface area contributed by atoms with Crippen LogP contribution in [0.5, 0.6) is 0 Å². The molecule has 1 saturated carbocycles. The summed E-state index contributed by atoms with van der Waals surface area (Å²) in [5.74, 6) is 0.930. The van der Waals surface area contributed by atoms with E-state index >= 15 is 0 Å². The Labute approximate surface area is 92.9 Å². The molecule has 1 fully saturated rings. The SMILES string of the molecule is C[C@H]1CC[C@H](NCCc2ccccc2)C1. The molecular weight excluding hydrogens is 182 g/mol. The zero-order chi connectivity index (χ0) is 10.5. The van der Waals surface area contributed by atoms with Gasteiger partial charge in [-0.15, -0.1) is 0 Å². The highest BCUT2D eigenvalue weighted by atomic mass is 14.9. The Morgan fingerprint density at radius 1 is 1.20 bits per heavy atom. The molecule has 0 saturated heterocycles. The maximum absolute atomic E-state index is 3.66. The minimum atomic E-state index is 0.781. The molecule has 0 bridgehead atoms. The Hall–Kier alpha value is -0.820. The molecular formula is C14H21N. The third-order valence-corrected chi connectivity index (χ3v) is 3.38. The van der Waals surface area contributed by atoms with Crippen LogP contribution in [0, 0.1) is 5.92 Å². The highest BCUT2D eigenvalue weighted by Gasteiger charge is 2.19. The first-order chi connectivity index (χ1) is 7.34. The van der Waals surface area contributed by atoms with Gasteiger partial charge in [0.25, 0.3) is 0 Å². The third-order valence-electron chi connectivity index (χ3n) is 3.38. The van der Waals surface area contributed by atoms with Crippen molar-refractivity contribution in [1.29, 1.82) is 0 Å². The molecule has 1 heteroatoms. The van der Waals surface area contributed by atoms with E-state index in [-0.39, 0.29) is 0 Å². The molecule has 1 aliphatic rings. The van der Waals surface area contributed by atoms with E-state index in [4.69, 9.17) is 0 Å². The van der Waals surface area contributed by atoms with Gasteiger partial charge < -0.3 is 5.32 Å². The lowest BCUT2D eigenvalue weighted by molar-refractivity contribution is 0.506. The monoisotopic (exact) mass is 203 g/mol. The molecule has 0 aliphatic heterocycles. The molecule has 2 atom stereocenters. The normalized spacial score (nSPS) is 25.7. The Kier molecular flexibility index (Phi) is 3.79. The zero-order valence-corrected chi connectivity index (χ0v) is 9.58. The van der Waals surface area contributed by atoms with Crippen LogP contribution in [-0.4, -0.2) is 12.6 Å². The molecule has 0 unspecified atom stereocenters. The van der Waals surface area contributed by atoms with E-state index in [0.717, 1.165) is 24.9 Å². The quantitative estimate of drug-likeness (QED) is 0.793. The van der Waals surface area contributed by atoms with Crippen LogP contribution in [0.25, 0.3) is 0 Å². The molecule has 15 heavy (non-hydrogen) atoms. The second-order valence-electron chi connectivity index (χ2n) is 4.80. The van der Waals surface area contributed by atoms with E-state index in [2.05, 4.69) is 42.6 Å². The summed E-state index contributed by atoms with van der Waals surface area (Å²) in [6.45, 7) is 3.49. The standard InChI is InChI=1S/C14H21N/c1-12-7-8-14(11-12)15-10-9-13-5-3-2-4-6-13/h2-6,12,14-15H,7-11H2,1H3/t12-,14-/m0/s1. The lowest BCUT2D eigenvalue weighted by atomic mass is 10.1. The van der Waals surface area contributed by atoms with Gasteiger partial charge in [0, 0.05) is 6.04 Å². The van der Waals surface area contributed by atoms with E-state index < -0.39 is 0 Å². The van der Waals surface area contributed by atoms with Crippen LogP contribution in [0.1, 0.15) is 31.7 Å². The molecule has 0 heterocycles. The van der Waals surface area contributed by atoms with E-state index in [1.807, 2.05) is 0 Å². The predicted octanol–water partition coefficient (Wildman–Crippen LogP) is 3.01. The molecule has 1 aromatic carbocycles. The second-order valence-corrected chi connectivity index (χ2v) is 4.80. The molecule has 1 N–H and O–H groups in total. The summed E-state index contributed by atoms with van der Waals surface area (Å²) in [4.78, 5) is 0. The molecule has 1 aliphatic carbocycles. The summed E-state index contributed by atoms with van der Waals surface area (Å²) in [6.07, 6.45) is 5.31. The highest BCUT2D eigenvalue weighted by molar-refractivity contribution is 5.14. The smallest absolute Gasteiger partial charge is 0.00698 e. The van der Waals surface area contributed by atoms with E-state index in [1.165, 1.54) is 24.8 Å². The van der Waals surface area contributed by atoms with Crippen molar-refractivity contribution < 1.29 is 0 Å². The summed E-state index contributed by atoms with van der Waals surface area (Å²) in [5, 5.41) is 3.66. The van der Waals surface area contributed by atoms with Crippen LogP contribution in [-0.2, 0) is 6.42 Å². The summed E-state index contributed by atoms with van der Waals surface area (Å²) in [5.41, 5.74) is 1.44. The molecule has 82 valence electrons. The van der Waals surface area contributed by atoms with Crippen molar-refractivity contribution in [3.63, 3.8) is 0 Å². The fourth-order valence-electron chi connectivity index (χ4n) is 2.46. The van der Waals surface area contributed by atoms with Crippen molar-refractivity contribution in [1.82, 2.24) is 5.32 Å². The van der Waals surface area contributed by atoms with Crippen LogP contribution in [0.15, 0.2) is 30.3 Å². The number of nitrogens with one attached hydrogen (secondary N) is 1. The van der Waals surface area contributed by atoms with Gasteiger partial charge in [-0.1, -0.05) is 37.3 Å². The minimum absolute atomic E-state index is 0.781. The van der Waals surface area contributed by atoms with Gasteiger partial charge in [0.05, 0.1) is 0 Å². The Morgan fingerprint density at radius 3 is 2.67 bits per heavy atom. The maximum atomic E-state index is 3.66. The van der Waals surface area contributed by atoms with Crippen molar-refractivity contribution in [3.8, 4) is 0 Å². The highest BCUT2D eigenvalue weighted by Crippen LogP contribution is 2.24. The lowest BCUT2D eigenvalue weighted by Crippen LogP contribution is -2.28. The second kappa shape index (κ2) is 5.32. The first kappa shape index (κ1) is 10.7. The Morgan fingerprint density at radius 2 is 2.00 bits per heavy atom. The van der Waals surface area contributed by atoms with Gasteiger partial charge in [-0.3, -0.25) is 0 Å². The molecule has 0 spiro atoms. The van der Waals surface area contributed by atoms with Crippen LogP contribution < -0.4 is 5.32 Å². The summed E-state index contributed by atoms with van der Waals surface area (Å²) < 4.78 is 0. The average Bonchev–Trinajstić information content (AvgIpc) is 2.66. The lowest BCUT2D eigenvalue weighted by Gasteiger charge is -2.11. The number of hydrogen-bond acceptors (Lipinski definition) is 1. The van der Waals surface area contributed by atoms with E-state index in [9.17, 15) is 0 Å². The first-order valence-electron chi connectivity index (χ1n) is 6.12. The third kappa shape index (κ3) is 3.35. The van der Waals surface area contributed by atoms with Gasteiger partial charge in [-0.05, 0) is 43.7 Å². The first-order valence-corrected chi connectivity index (χ1v) is 6.12. The number of hydrogen-bond donors (Lipinski definition) is 1. The molecule has 1 nitrogen and oxygen atoms in total. The van der Waals surface area contributed by atoms with Crippen LogP contribution in [0.2, 0.25) is 0 Å². The topological polar surface area (TPSA) is 12.0 Å². The Balaban J connectivity index is 1.67. The molecule has 0 aromatic heterocycles. The van der Waals surface area contributed by atoms with Gasteiger partial charge in [0.2, 0.25) is 0 Å². The van der Waals surface area contributed by atoms with Gasteiger partial charge in [0.15, 0.2) is 0 Å². The fraction of sp³-hybridized carbons (Fsp3) is 0.571. The largest absolute Gasteiger partial charge is 0.314 e.